The maximum atomic E-state index is 13.5. The van der Waals surface area contributed by atoms with Crippen molar-refractivity contribution in [2.24, 2.45) is 5.14 Å². The van der Waals surface area contributed by atoms with Crippen molar-refractivity contribution in [2.45, 2.75) is 30.8 Å². The molecule has 1 aliphatic carbocycles. The molecular formula is C29H25N3O5S. The summed E-state index contributed by atoms with van der Waals surface area (Å²) in [6, 6.07) is 22.7. The second-order valence-corrected chi connectivity index (χ2v) is 10.6. The van der Waals surface area contributed by atoms with E-state index in [1.54, 1.807) is 0 Å². The number of para-hydroxylation sites is 1. The largest absolute Gasteiger partial charge is 0.449 e. The highest BCUT2D eigenvalue weighted by molar-refractivity contribution is 7.89. The number of primary sulfonamides is 1. The number of anilines is 1. The summed E-state index contributed by atoms with van der Waals surface area (Å²) in [6.45, 7) is 1.48. The van der Waals surface area contributed by atoms with E-state index in [1.807, 2.05) is 54.6 Å². The van der Waals surface area contributed by atoms with Crippen LogP contribution in [0.1, 0.15) is 40.5 Å². The number of aromatic nitrogens is 1. The van der Waals surface area contributed by atoms with Gasteiger partial charge in [0.05, 0.1) is 21.7 Å². The first kappa shape index (κ1) is 25.3. The fourth-order valence-corrected chi connectivity index (χ4v) is 5.02. The molecule has 3 N–H and O–H groups in total. The van der Waals surface area contributed by atoms with Crippen LogP contribution in [0.3, 0.4) is 0 Å². The smallest absolute Gasteiger partial charge is 0.339 e. The van der Waals surface area contributed by atoms with Crippen molar-refractivity contribution in [3.8, 4) is 0 Å². The number of ether oxygens (including phenoxy) is 1. The first-order valence-electron chi connectivity index (χ1n) is 12.0. The van der Waals surface area contributed by atoms with Gasteiger partial charge in [-0.05, 0) is 72.9 Å². The molecule has 4 aromatic rings. The van der Waals surface area contributed by atoms with E-state index in [1.165, 1.54) is 31.2 Å². The van der Waals surface area contributed by atoms with Crippen molar-refractivity contribution in [1.82, 2.24) is 4.98 Å². The lowest BCUT2D eigenvalue weighted by Crippen LogP contribution is -2.30. The molecule has 0 saturated carbocycles. The molecule has 9 heteroatoms. The van der Waals surface area contributed by atoms with Crippen LogP contribution in [0.4, 0.5) is 5.69 Å². The average molecular weight is 528 g/mol. The molecule has 0 spiro atoms. The number of carbonyl (C=O) groups excluding carboxylic acids is 2. The molecule has 1 heterocycles. The number of carbonyl (C=O) groups is 2. The second-order valence-electron chi connectivity index (χ2n) is 9.02. The maximum absolute atomic E-state index is 13.5. The van der Waals surface area contributed by atoms with Gasteiger partial charge in [-0.2, -0.15) is 0 Å². The molecule has 1 aromatic heterocycles. The standard InChI is InChI=1S/C29H25N3O5S/c1-18(28(33)31-21-12-14-22(15-13-21)38(30,35)36)37-29(34)26-23-9-5-6-10-25(23)32-27-20(11-16-24(26)27)17-19-7-3-2-4-8-19/h2-10,12-15,17-18H,11,16H2,1H3,(H,31,33)(H2,30,35,36)/b20-17-/t18-/m0/s1. The lowest BCUT2D eigenvalue weighted by molar-refractivity contribution is -0.123. The van der Waals surface area contributed by atoms with Gasteiger partial charge in [0.25, 0.3) is 5.91 Å². The third-order valence-electron chi connectivity index (χ3n) is 6.39. The average Bonchev–Trinajstić information content (AvgIpc) is 3.29. The first-order chi connectivity index (χ1) is 18.2. The van der Waals surface area contributed by atoms with Gasteiger partial charge < -0.3 is 10.1 Å². The molecular weight excluding hydrogens is 502 g/mol. The Labute approximate surface area is 220 Å². The van der Waals surface area contributed by atoms with Gasteiger partial charge in [0.2, 0.25) is 10.0 Å². The zero-order chi connectivity index (χ0) is 26.9. The molecule has 8 nitrogen and oxygen atoms in total. The third-order valence-corrected chi connectivity index (χ3v) is 7.32. The van der Waals surface area contributed by atoms with Gasteiger partial charge in [-0.15, -0.1) is 0 Å². The molecule has 5 rings (SSSR count). The van der Waals surface area contributed by atoms with Crippen molar-refractivity contribution in [1.29, 1.82) is 0 Å². The SMILES string of the molecule is C[C@H](OC(=O)c1c2c(nc3ccccc13)/C(=C\c1ccccc1)CC2)C(=O)Nc1ccc(S(N)(=O)=O)cc1. The number of nitrogens with one attached hydrogen (secondary N) is 1. The number of fused-ring (bicyclic) bond motifs is 2. The van der Waals surface area contributed by atoms with E-state index in [9.17, 15) is 18.0 Å². The molecule has 1 aliphatic rings. The number of rotatable bonds is 6. The minimum atomic E-state index is -3.85. The summed E-state index contributed by atoms with van der Waals surface area (Å²) >= 11 is 0. The number of hydrogen-bond donors (Lipinski definition) is 2. The van der Waals surface area contributed by atoms with Gasteiger partial charge in [0.1, 0.15) is 0 Å². The van der Waals surface area contributed by atoms with Crippen LogP contribution < -0.4 is 10.5 Å². The number of nitrogens with zero attached hydrogens (tertiary/aromatic N) is 1. The summed E-state index contributed by atoms with van der Waals surface area (Å²) in [5.41, 5.74) is 5.10. The summed E-state index contributed by atoms with van der Waals surface area (Å²) < 4.78 is 28.5. The predicted octanol–water partition coefficient (Wildman–Crippen LogP) is 4.55. The van der Waals surface area contributed by atoms with E-state index < -0.39 is 28.0 Å². The molecule has 0 unspecified atom stereocenters. The number of nitrogens with two attached hydrogens (primary N) is 1. The Morgan fingerprint density at radius 3 is 2.37 bits per heavy atom. The molecule has 1 atom stereocenters. The number of sulfonamides is 1. The third kappa shape index (κ3) is 5.20. The van der Waals surface area contributed by atoms with Crippen molar-refractivity contribution in [3.05, 3.63) is 101 Å². The van der Waals surface area contributed by atoms with Crippen LogP contribution in [-0.2, 0) is 26.0 Å². The highest BCUT2D eigenvalue weighted by Crippen LogP contribution is 2.38. The first-order valence-corrected chi connectivity index (χ1v) is 13.6. The monoisotopic (exact) mass is 527 g/mol. The summed E-state index contributed by atoms with van der Waals surface area (Å²) in [6.07, 6.45) is 2.34. The van der Waals surface area contributed by atoms with E-state index in [-0.39, 0.29) is 4.90 Å². The molecule has 1 amide bonds. The fraction of sp³-hybridized carbons (Fsp3) is 0.138. The molecule has 0 bridgehead atoms. The van der Waals surface area contributed by atoms with Gasteiger partial charge in [0, 0.05) is 11.1 Å². The van der Waals surface area contributed by atoms with Crippen LogP contribution in [-0.4, -0.2) is 31.4 Å². The fourth-order valence-electron chi connectivity index (χ4n) is 4.51. The second kappa shape index (κ2) is 10.2. The van der Waals surface area contributed by atoms with E-state index in [2.05, 4.69) is 11.4 Å². The lowest BCUT2D eigenvalue weighted by Gasteiger charge is -2.16. The summed E-state index contributed by atoms with van der Waals surface area (Å²) in [7, 11) is -3.85. The maximum Gasteiger partial charge on any atom is 0.339 e. The van der Waals surface area contributed by atoms with E-state index in [0.717, 1.165) is 28.8 Å². The van der Waals surface area contributed by atoms with E-state index in [0.29, 0.717) is 28.6 Å². The number of esters is 1. The minimum Gasteiger partial charge on any atom is -0.449 e. The number of hydrogen-bond acceptors (Lipinski definition) is 6. The van der Waals surface area contributed by atoms with Gasteiger partial charge in [-0.1, -0.05) is 48.5 Å². The summed E-state index contributed by atoms with van der Waals surface area (Å²) in [4.78, 5) is 31.0. The van der Waals surface area contributed by atoms with Gasteiger partial charge >= 0.3 is 5.97 Å². The summed E-state index contributed by atoms with van der Waals surface area (Å²) in [5, 5.41) is 8.41. The molecule has 0 fully saturated rings. The minimum absolute atomic E-state index is 0.0749. The molecule has 0 radical (unpaired) electrons. The molecule has 0 saturated heterocycles. The lowest BCUT2D eigenvalue weighted by atomic mass is 10.0. The molecule has 192 valence electrons. The van der Waals surface area contributed by atoms with Crippen molar-refractivity contribution in [2.75, 3.05) is 5.32 Å². The Morgan fingerprint density at radius 2 is 1.66 bits per heavy atom. The zero-order valence-corrected chi connectivity index (χ0v) is 21.4. The number of amides is 1. The zero-order valence-electron chi connectivity index (χ0n) is 20.5. The van der Waals surface area contributed by atoms with Crippen molar-refractivity contribution < 1.29 is 22.7 Å². The van der Waals surface area contributed by atoms with Crippen molar-refractivity contribution in [3.63, 3.8) is 0 Å². The van der Waals surface area contributed by atoms with Crippen LogP contribution >= 0.6 is 0 Å². The Balaban J connectivity index is 1.41. The highest BCUT2D eigenvalue weighted by atomic mass is 32.2. The Hall–Kier alpha value is -4.34. The normalized spacial score (nSPS) is 14.7. The van der Waals surface area contributed by atoms with Crippen LogP contribution in [0, 0.1) is 0 Å². The number of benzene rings is 3. The molecule has 0 aliphatic heterocycles. The Kier molecular flexibility index (Phi) is 6.79. The molecule has 3 aromatic carbocycles. The van der Waals surface area contributed by atoms with Gasteiger partial charge in [-0.3, -0.25) is 4.79 Å². The van der Waals surface area contributed by atoms with Gasteiger partial charge in [0.15, 0.2) is 6.10 Å². The van der Waals surface area contributed by atoms with Gasteiger partial charge in [-0.25, -0.2) is 23.3 Å². The number of allylic oxidation sites excluding steroid dienone is 1. The van der Waals surface area contributed by atoms with Crippen LogP contribution in [0.25, 0.3) is 22.6 Å². The molecule has 38 heavy (non-hydrogen) atoms. The van der Waals surface area contributed by atoms with Crippen LogP contribution in [0.2, 0.25) is 0 Å². The highest BCUT2D eigenvalue weighted by Gasteiger charge is 2.29. The van der Waals surface area contributed by atoms with E-state index >= 15 is 0 Å². The summed E-state index contributed by atoms with van der Waals surface area (Å²) in [5.74, 6) is -1.16. The van der Waals surface area contributed by atoms with E-state index in [4.69, 9.17) is 14.9 Å². The van der Waals surface area contributed by atoms with Crippen molar-refractivity contribution >= 4 is 50.1 Å². The van der Waals surface area contributed by atoms with Crippen LogP contribution in [0.15, 0.2) is 83.8 Å². The topological polar surface area (TPSA) is 128 Å². The quantitative estimate of drug-likeness (QED) is 0.354. The predicted molar refractivity (Wildman–Crippen MR) is 146 cm³/mol. The van der Waals surface area contributed by atoms with Crippen LogP contribution in [0.5, 0.6) is 0 Å². The Morgan fingerprint density at radius 1 is 0.974 bits per heavy atom. The Bertz CT molecular complexity index is 1680. The number of pyridine rings is 1.